The molecule has 0 saturated heterocycles. The van der Waals surface area contributed by atoms with Gasteiger partial charge in [-0.05, 0) is 0 Å². The summed E-state index contributed by atoms with van der Waals surface area (Å²) in [5.41, 5.74) is 0.392. The molecule has 1 fully saturated rings. The Balaban J connectivity index is 2.56. The summed E-state index contributed by atoms with van der Waals surface area (Å²) in [4.78, 5) is 7.55. The van der Waals surface area contributed by atoms with Crippen LogP contribution in [0.4, 0.5) is 0 Å². The van der Waals surface area contributed by atoms with Crippen molar-refractivity contribution in [2.24, 2.45) is 11.3 Å². The average molecular weight is 309 g/mol. The third kappa shape index (κ3) is 3.30. The zero-order valence-corrected chi connectivity index (χ0v) is 13.3. The Hall–Kier alpha value is 1.09. The standard InChI is InChI=1S/C8H14Cl.3CH3.Sn/c1-6-4-5-8(2,3)7(6)9;;;;/h6-7H,1,4-5H2,2-3H3;3*1H3;/t6-,7-;;;;/m0..../s1. The molecule has 0 aromatic heterocycles. The van der Waals surface area contributed by atoms with Gasteiger partial charge in [0.15, 0.2) is 0 Å². The van der Waals surface area contributed by atoms with Crippen molar-refractivity contribution < 1.29 is 0 Å². The van der Waals surface area contributed by atoms with E-state index in [-0.39, 0.29) is 0 Å². The van der Waals surface area contributed by atoms with Gasteiger partial charge in [-0.3, -0.25) is 0 Å². The van der Waals surface area contributed by atoms with Crippen LogP contribution in [0.5, 0.6) is 0 Å². The molecule has 0 N–H and O–H groups in total. The van der Waals surface area contributed by atoms with Gasteiger partial charge in [-0.1, -0.05) is 0 Å². The fraction of sp³-hybridized carbons (Fsp3) is 1.00. The summed E-state index contributed by atoms with van der Waals surface area (Å²) in [6, 6.07) is 0. The van der Waals surface area contributed by atoms with E-state index in [4.69, 9.17) is 11.6 Å². The van der Waals surface area contributed by atoms with Gasteiger partial charge in [-0.25, -0.2) is 0 Å². The first kappa shape index (κ1) is 12.2. The molecule has 0 aromatic carbocycles. The Morgan fingerprint density at radius 2 is 1.85 bits per heavy atom. The first-order valence-electron chi connectivity index (χ1n) is 5.36. The molecular formula is C11H23ClSn. The van der Waals surface area contributed by atoms with Crippen molar-refractivity contribution in [3.8, 4) is 0 Å². The number of hydrogen-bond acceptors (Lipinski definition) is 0. The summed E-state index contributed by atoms with van der Waals surface area (Å²) < 4.78 is 1.48. The fourth-order valence-electron chi connectivity index (χ4n) is 2.47. The molecule has 0 spiro atoms. The van der Waals surface area contributed by atoms with Crippen LogP contribution in [0.25, 0.3) is 0 Å². The molecule has 2 atom stereocenters. The molecule has 0 amide bonds. The van der Waals surface area contributed by atoms with Gasteiger partial charge in [-0.15, -0.1) is 0 Å². The molecule has 13 heavy (non-hydrogen) atoms. The Morgan fingerprint density at radius 3 is 2.15 bits per heavy atom. The minimum absolute atomic E-state index is 0.392. The van der Waals surface area contributed by atoms with E-state index >= 15 is 0 Å². The van der Waals surface area contributed by atoms with Crippen molar-refractivity contribution in [2.75, 3.05) is 0 Å². The van der Waals surface area contributed by atoms with Gasteiger partial charge in [0.25, 0.3) is 0 Å². The van der Waals surface area contributed by atoms with Crippen LogP contribution in [0, 0.1) is 11.3 Å². The van der Waals surface area contributed by atoms with Crippen molar-refractivity contribution in [2.45, 2.75) is 51.3 Å². The van der Waals surface area contributed by atoms with Crippen LogP contribution < -0.4 is 0 Å². The topological polar surface area (TPSA) is 0 Å². The first-order valence-corrected chi connectivity index (χ1v) is 16.4. The summed E-state index contributed by atoms with van der Waals surface area (Å²) in [7, 11) is 0. The maximum absolute atomic E-state index is 6.51. The van der Waals surface area contributed by atoms with Gasteiger partial charge in [0, 0.05) is 0 Å². The van der Waals surface area contributed by atoms with E-state index in [0.717, 1.165) is 5.92 Å². The van der Waals surface area contributed by atoms with Gasteiger partial charge in [0.05, 0.1) is 0 Å². The van der Waals surface area contributed by atoms with Crippen molar-refractivity contribution >= 4 is 30.0 Å². The Labute approximate surface area is 92.3 Å². The van der Waals surface area contributed by atoms with E-state index in [1.807, 2.05) is 0 Å². The van der Waals surface area contributed by atoms with E-state index in [1.54, 1.807) is 0 Å². The summed E-state index contributed by atoms with van der Waals surface area (Å²) in [5, 5.41) is 0.434. The quantitative estimate of drug-likeness (QED) is 0.525. The van der Waals surface area contributed by atoms with Crippen molar-refractivity contribution in [1.29, 1.82) is 0 Å². The van der Waals surface area contributed by atoms with Gasteiger partial charge >= 0.3 is 92.6 Å². The van der Waals surface area contributed by atoms with Gasteiger partial charge in [0.2, 0.25) is 0 Å². The molecule has 0 radical (unpaired) electrons. The van der Waals surface area contributed by atoms with Crippen LogP contribution in [0.15, 0.2) is 0 Å². The van der Waals surface area contributed by atoms with Gasteiger partial charge in [-0.2, -0.15) is 0 Å². The molecule has 2 heteroatoms. The first-order chi connectivity index (χ1) is 5.72. The second kappa shape index (κ2) is 3.92. The number of halogens is 1. The molecule has 0 unspecified atom stereocenters. The number of hydrogen-bond donors (Lipinski definition) is 0. The van der Waals surface area contributed by atoms with Crippen LogP contribution in [-0.2, 0) is 0 Å². The van der Waals surface area contributed by atoms with Crippen molar-refractivity contribution in [1.82, 2.24) is 0 Å². The van der Waals surface area contributed by atoms with Crippen LogP contribution >= 0.6 is 11.6 Å². The minimum atomic E-state index is -1.60. The second-order valence-corrected chi connectivity index (χ2v) is 22.7. The fourth-order valence-corrected chi connectivity index (χ4v) is 8.97. The molecular weight excluding hydrogens is 286 g/mol. The zero-order valence-electron chi connectivity index (χ0n) is 9.65. The number of rotatable bonds is 2. The Bertz CT molecular complexity index is 181. The SMILES string of the molecule is CC1(C)CC[C@H]([CH2][Sn]([CH3])([CH3])[CH3])[C@@H]1Cl. The summed E-state index contributed by atoms with van der Waals surface area (Å²) in [5.74, 6) is 0.826. The van der Waals surface area contributed by atoms with Crippen LogP contribution in [0.1, 0.15) is 26.7 Å². The predicted molar refractivity (Wildman–Crippen MR) is 64.3 cm³/mol. The van der Waals surface area contributed by atoms with Crippen LogP contribution in [0.3, 0.4) is 0 Å². The molecule has 78 valence electrons. The molecule has 1 rings (SSSR count). The Morgan fingerprint density at radius 1 is 1.31 bits per heavy atom. The van der Waals surface area contributed by atoms with E-state index in [1.165, 1.54) is 17.3 Å². The van der Waals surface area contributed by atoms with E-state index in [0.29, 0.717) is 10.8 Å². The molecule has 0 aromatic rings. The van der Waals surface area contributed by atoms with Gasteiger partial charge < -0.3 is 0 Å². The van der Waals surface area contributed by atoms with Gasteiger partial charge in [0.1, 0.15) is 0 Å². The Kier molecular flexibility index (Phi) is 3.67. The monoisotopic (exact) mass is 310 g/mol. The molecule has 0 bridgehead atoms. The number of alkyl halides is 1. The molecule has 0 heterocycles. The predicted octanol–water partition coefficient (Wildman–Crippen LogP) is 4.37. The normalized spacial score (nSPS) is 33.7. The summed E-state index contributed by atoms with van der Waals surface area (Å²) >= 11 is 4.91. The third-order valence-corrected chi connectivity index (χ3v) is 9.13. The van der Waals surface area contributed by atoms with E-state index in [9.17, 15) is 0 Å². The molecule has 1 saturated carbocycles. The van der Waals surface area contributed by atoms with E-state index in [2.05, 4.69) is 28.7 Å². The third-order valence-electron chi connectivity index (χ3n) is 3.19. The summed E-state index contributed by atoms with van der Waals surface area (Å²) in [6.45, 7) is 4.64. The zero-order chi connectivity index (χ0) is 10.3. The molecule has 0 nitrogen and oxygen atoms in total. The molecule has 1 aliphatic carbocycles. The average Bonchev–Trinajstić information content (AvgIpc) is 2.13. The second-order valence-electron chi connectivity index (χ2n) is 6.45. The van der Waals surface area contributed by atoms with Crippen molar-refractivity contribution in [3.63, 3.8) is 0 Å². The maximum atomic E-state index is 6.51. The van der Waals surface area contributed by atoms with Crippen LogP contribution in [-0.4, -0.2) is 23.8 Å². The molecule has 0 aliphatic heterocycles. The summed E-state index contributed by atoms with van der Waals surface area (Å²) in [6.07, 6.45) is 2.70. The van der Waals surface area contributed by atoms with Crippen LogP contribution in [0.2, 0.25) is 19.3 Å². The van der Waals surface area contributed by atoms with Crippen molar-refractivity contribution in [3.05, 3.63) is 0 Å². The molecule has 1 aliphatic rings. The van der Waals surface area contributed by atoms with E-state index < -0.39 is 18.4 Å².